The van der Waals surface area contributed by atoms with Crippen LogP contribution in [0.5, 0.6) is 0 Å². The van der Waals surface area contributed by atoms with Gasteiger partial charge < -0.3 is 14.2 Å². The highest BCUT2D eigenvalue weighted by molar-refractivity contribution is 5.94. The average Bonchev–Trinajstić information content (AvgIpc) is 2.94. The lowest BCUT2D eigenvalue weighted by molar-refractivity contribution is 0.0732. The number of carbonyl (C=O) groups is 1. The number of methoxy groups -OCH3 is 1. The zero-order valence-corrected chi connectivity index (χ0v) is 15.7. The molecule has 7 heteroatoms. The molecule has 27 heavy (non-hydrogen) atoms. The molecule has 4 heterocycles. The van der Waals surface area contributed by atoms with Gasteiger partial charge in [-0.2, -0.15) is 4.98 Å². The molecule has 0 aliphatic carbocycles. The number of nitrogens with zero attached hydrogens (tertiary/aromatic N) is 4. The number of benzene rings is 1. The van der Waals surface area contributed by atoms with Gasteiger partial charge in [0.15, 0.2) is 5.82 Å². The number of rotatable bonds is 6. The molecule has 3 aliphatic rings. The Kier molecular flexibility index (Phi) is 5.50. The predicted octanol–water partition coefficient (Wildman–Crippen LogP) is 2.00. The quantitative estimate of drug-likeness (QED) is 0.774. The minimum absolute atomic E-state index is 0.133. The first-order chi connectivity index (χ1) is 13.2. The van der Waals surface area contributed by atoms with Crippen LogP contribution in [-0.4, -0.2) is 65.2 Å². The molecule has 1 amide bonds. The van der Waals surface area contributed by atoms with Crippen molar-refractivity contribution in [1.29, 1.82) is 0 Å². The van der Waals surface area contributed by atoms with Gasteiger partial charge in [0.25, 0.3) is 5.91 Å². The van der Waals surface area contributed by atoms with Crippen molar-refractivity contribution in [3.63, 3.8) is 0 Å². The second kappa shape index (κ2) is 8.19. The van der Waals surface area contributed by atoms with Crippen LogP contribution in [0.15, 0.2) is 34.9 Å². The van der Waals surface area contributed by atoms with Gasteiger partial charge in [-0.1, -0.05) is 23.4 Å². The number of ether oxygens (including phenoxy) is 1. The van der Waals surface area contributed by atoms with Gasteiger partial charge in [0.2, 0.25) is 5.89 Å². The third-order valence-electron chi connectivity index (χ3n) is 5.51. The molecule has 0 unspecified atom stereocenters. The standard InChI is InChI=1S/C20H26N4O3/c1-26-10-9-18-21-19(27-22-18)14-23-11-15-7-8-17(23)13-24(12-15)20(25)16-5-3-2-4-6-16/h2-6,15,17H,7-14H2,1H3/t15-,17-/m0/s1. The van der Waals surface area contributed by atoms with Gasteiger partial charge in [-0.15, -0.1) is 0 Å². The van der Waals surface area contributed by atoms with E-state index < -0.39 is 0 Å². The van der Waals surface area contributed by atoms with Gasteiger partial charge in [-0.05, 0) is 30.9 Å². The van der Waals surface area contributed by atoms with Crippen molar-refractivity contribution in [3.05, 3.63) is 47.6 Å². The lowest BCUT2D eigenvalue weighted by Gasteiger charge is -2.34. The number of carbonyl (C=O) groups excluding carboxylic acids is 1. The molecule has 3 saturated heterocycles. The van der Waals surface area contributed by atoms with Gasteiger partial charge in [0, 0.05) is 44.8 Å². The maximum absolute atomic E-state index is 12.9. The molecule has 2 bridgehead atoms. The van der Waals surface area contributed by atoms with Gasteiger partial charge in [0.05, 0.1) is 13.2 Å². The zero-order valence-electron chi connectivity index (χ0n) is 15.7. The van der Waals surface area contributed by atoms with E-state index in [2.05, 4.69) is 15.0 Å². The zero-order chi connectivity index (χ0) is 18.6. The van der Waals surface area contributed by atoms with Crippen LogP contribution in [0.4, 0.5) is 0 Å². The van der Waals surface area contributed by atoms with E-state index in [0.29, 0.717) is 43.2 Å². The van der Waals surface area contributed by atoms with E-state index in [9.17, 15) is 4.79 Å². The van der Waals surface area contributed by atoms with Crippen molar-refractivity contribution in [2.24, 2.45) is 5.92 Å². The molecular weight excluding hydrogens is 344 g/mol. The summed E-state index contributed by atoms with van der Waals surface area (Å²) < 4.78 is 10.5. The Hall–Kier alpha value is -2.25. The topological polar surface area (TPSA) is 71.7 Å². The molecule has 3 fully saturated rings. The molecule has 3 aliphatic heterocycles. The van der Waals surface area contributed by atoms with Crippen LogP contribution < -0.4 is 0 Å². The Morgan fingerprint density at radius 2 is 2.07 bits per heavy atom. The van der Waals surface area contributed by atoms with Crippen LogP contribution in [0.3, 0.4) is 0 Å². The fourth-order valence-corrected chi connectivity index (χ4v) is 4.12. The summed E-state index contributed by atoms with van der Waals surface area (Å²) in [6, 6.07) is 9.91. The van der Waals surface area contributed by atoms with Crippen molar-refractivity contribution >= 4 is 5.91 Å². The fraction of sp³-hybridized carbons (Fsp3) is 0.550. The molecule has 1 aromatic carbocycles. The number of hydrogen-bond donors (Lipinski definition) is 0. The number of aromatic nitrogens is 2. The highest BCUT2D eigenvalue weighted by Gasteiger charge is 2.37. The largest absolute Gasteiger partial charge is 0.384 e. The molecule has 144 valence electrons. The molecule has 5 rings (SSSR count). The minimum Gasteiger partial charge on any atom is -0.384 e. The molecule has 0 spiro atoms. The summed E-state index contributed by atoms with van der Waals surface area (Å²) in [5.74, 6) is 1.96. The summed E-state index contributed by atoms with van der Waals surface area (Å²) in [5.41, 5.74) is 0.769. The highest BCUT2D eigenvalue weighted by Crippen LogP contribution is 2.29. The Morgan fingerprint density at radius 3 is 2.89 bits per heavy atom. The van der Waals surface area contributed by atoms with Crippen LogP contribution in [0.2, 0.25) is 0 Å². The van der Waals surface area contributed by atoms with Gasteiger partial charge >= 0.3 is 0 Å². The molecule has 0 saturated carbocycles. The maximum Gasteiger partial charge on any atom is 0.253 e. The van der Waals surface area contributed by atoms with Crippen LogP contribution in [-0.2, 0) is 17.7 Å². The van der Waals surface area contributed by atoms with Crippen LogP contribution in [0.1, 0.15) is 34.9 Å². The van der Waals surface area contributed by atoms with E-state index in [1.54, 1.807) is 7.11 Å². The maximum atomic E-state index is 12.9. The predicted molar refractivity (Wildman–Crippen MR) is 99.1 cm³/mol. The monoisotopic (exact) mass is 370 g/mol. The Labute approximate surface area is 159 Å². The first-order valence-electron chi connectivity index (χ1n) is 9.61. The lowest BCUT2D eigenvalue weighted by atomic mass is 9.95. The average molecular weight is 370 g/mol. The number of fused-ring (bicyclic) bond motifs is 4. The van der Waals surface area contributed by atoms with Crippen LogP contribution in [0.25, 0.3) is 0 Å². The van der Waals surface area contributed by atoms with Crippen molar-refractivity contribution in [1.82, 2.24) is 19.9 Å². The molecule has 1 aromatic heterocycles. The van der Waals surface area contributed by atoms with Crippen molar-refractivity contribution in [3.8, 4) is 0 Å². The normalized spacial score (nSPS) is 22.8. The summed E-state index contributed by atoms with van der Waals surface area (Å²) in [6.45, 7) is 3.79. The first-order valence-corrected chi connectivity index (χ1v) is 9.61. The highest BCUT2D eigenvalue weighted by atomic mass is 16.5. The Bertz CT molecular complexity index is 764. The second-order valence-corrected chi connectivity index (χ2v) is 7.45. The summed E-state index contributed by atoms with van der Waals surface area (Å²) >= 11 is 0. The van der Waals surface area contributed by atoms with E-state index >= 15 is 0 Å². The SMILES string of the molecule is COCCc1noc(CN2C[C@@H]3CC[C@H]2CN(C(=O)c2ccccc2)C3)n1. The third-order valence-corrected chi connectivity index (χ3v) is 5.51. The van der Waals surface area contributed by atoms with Crippen molar-refractivity contribution in [2.45, 2.75) is 31.8 Å². The number of hydrogen-bond acceptors (Lipinski definition) is 6. The van der Waals surface area contributed by atoms with E-state index in [1.807, 2.05) is 35.2 Å². The summed E-state index contributed by atoms with van der Waals surface area (Å²) in [7, 11) is 1.66. The molecule has 0 N–H and O–H groups in total. The molecule has 7 nitrogen and oxygen atoms in total. The molecule has 2 atom stereocenters. The summed E-state index contributed by atoms with van der Waals surface area (Å²) in [6.07, 6.45) is 2.93. The Balaban J connectivity index is 1.42. The lowest BCUT2D eigenvalue weighted by Crippen LogP contribution is -2.44. The van der Waals surface area contributed by atoms with Crippen molar-refractivity contribution < 1.29 is 14.1 Å². The number of piperidine rings is 1. The Morgan fingerprint density at radius 1 is 1.22 bits per heavy atom. The second-order valence-electron chi connectivity index (χ2n) is 7.45. The third kappa shape index (κ3) is 4.20. The fourth-order valence-electron chi connectivity index (χ4n) is 4.12. The van der Waals surface area contributed by atoms with Gasteiger partial charge in [-0.3, -0.25) is 9.69 Å². The summed E-state index contributed by atoms with van der Waals surface area (Å²) in [5, 5.41) is 4.03. The smallest absolute Gasteiger partial charge is 0.253 e. The van der Waals surface area contributed by atoms with Crippen molar-refractivity contribution in [2.75, 3.05) is 33.4 Å². The molecule has 0 radical (unpaired) electrons. The number of amides is 1. The minimum atomic E-state index is 0.133. The summed E-state index contributed by atoms with van der Waals surface area (Å²) in [4.78, 5) is 21.8. The first kappa shape index (κ1) is 18.1. The molecule has 2 aromatic rings. The van der Waals surface area contributed by atoms with Gasteiger partial charge in [0.1, 0.15) is 0 Å². The molecular formula is C20H26N4O3. The van der Waals surface area contributed by atoms with Crippen LogP contribution in [0, 0.1) is 5.92 Å². The van der Waals surface area contributed by atoms with Crippen LogP contribution >= 0.6 is 0 Å². The van der Waals surface area contributed by atoms with E-state index in [0.717, 1.165) is 31.6 Å². The van der Waals surface area contributed by atoms with Gasteiger partial charge in [-0.25, -0.2) is 0 Å². The van der Waals surface area contributed by atoms with E-state index in [1.165, 1.54) is 6.42 Å². The van der Waals surface area contributed by atoms with E-state index in [4.69, 9.17) is 9.26 Å². The van der Waals surface area contributed by atoms with E-state index in [-0.39, 0.29) is 5.91 Å².